The molecule has 0 saturated carbocycles. The summed E-state index contributed by atoms with van der Waals surface area (Å²) in [4.78, 5) is 35.7. The zero-order chi connectivity index (χ0) is 26.1. The molecule has 1 aliphatic heterocycles. The van der Waals surface area contributed by atoms with Crippen LogP contribution in [0.3, 0.4) is 0 Å². The molecule has 0 aromatic carbocycles. The smallest absolute Gasteiger partial charge is 0.219 e. The van der Waals surface area contributed by atoms with Crippen molar-refractivity contribution in [1.29, 1.82) is 0 Å². The number of nitrogens with zero attached hydrogens (tertiary/aromatic N) is 4. The SMILES string of the molecule is CC(=O)CCCCC(=O)NCCCCNc1ncnc2c1ncn2[C@@H]1O[C@H](COP(P)P)C(O)[C@@H]1O. The van der Waals surface area contributed by atoms with Gasteiger partial charge in [-0.1, -0.05) is 17.9 Å². The second-order valence-electron chi connectivity index (χ2n) is 8.64. The highest BCUT2D eigenvalue weighted by Crippen LogP contribution is 2.54. The summed E-state index contributed by atoms with van der Waals surface area (Å²) >= 11 is 0. The maximum atomic E-state index is 11.8. The zero-order valence-corrected chi connectivity index (χ0v) is 23.5. The molecule has 0 spiro atoms. The summed E-state index contributed by atoms with van der Waals surface area (Å²) in [5.41, 5.74) is 1.00. The molecule has 200 valence electrons. The van der Waals surface area contributed by atoms with Gasteiger partial charge in [0.2, 0.25) is 5.91 Å². The number of Topliss-reactive ketones (excluding diaryl/α,β-unsaturated/α-hetero) is 1. The van der Waals surface area contributed by atoms with Crippen LogP contribution in [0.5, 0.6) is 0 Å². The number of aliphatic hydroxyl groups is 2. The molecule has 2 aromatic rings. The number of imidazole rings is 1. The first-order valence-electron chi connectivity index (χ1n) is 11.9. The molecule has 4 N–H and O–H groups in total. The number of unbranched alkanes of at least 4 members (excludes halogenated alkanes) is 2. The van der Waals surface area contributed by atoms with E-state index in [2.05, 4.69) is 43.4 Å². The molecule has 3 unspecified atom stereocenters. The van der Waals surface area contributed by atoms with Crippen molar-refractivity contribution in [3.63, 3.8) is 0 Å². The normalized spacial score (nSPS) is 21.8. The molecule has 36 heavy (non-hydrogen) atoms. The Kier molecular flexibility index (Phi) is 11.8. The van der Waals surface area contributed by atoms with Crippen molar-refractivity contribution in [3.05, 3.63) is 12.7 Å². The fourth-order valence-corrected chi connectivity index (χ4v) is 4.69. The van der Waals surface area contributed by atoms with Crippen LogP contribution in [0.2, 0.25) is 0 Å². The molecule has 0 bridgehead atoms. The van der Waals surface area contributed by atoms with Crippen molar-refractivity contribution in [2.75, 3.05) is 25.0 Å². The first-order chi connectivity index (χ1) is 17.3. The van der Waals surface area contributed by atoms with Gasteiger partial charge in [0.25, 0.3) is 0 Å². The molecule has 2 aromatic heterocycles. The largest absolute Gasteiger partial charge is 0.387 e. The Bertz CT molecular complexity index is 1010. The van der Waals surface area contributed by atoms with Crippen LogP contribution >= 0.6 is 25.4 Å². The summed E-state index contributed by atoms with van der Waals surface area (Å²) in [6, 6.07) is 0. The van der Waals surface area contributed by atoms with E-state index in [4.69, 9.17) is 9.26 Å². The third-order valence-electron chi connectivity index (χ3n) is 5.76. The molecule has 1 fully saturated rings. The predicted octanol–water partition coefficient (Wildman–Crippen LogP) is 1.90. The monoisotopic (exact) mass is 560 g/mol. The molecule has 1 saturated heterocycles. The van der Waals surface area contributed by atoms with Gasteiger partial charge < -0.3 is 34.9 Å². The molecule has 1 aliphatic rings. The zero-order valence-electron chi connectivity index (χ0n) is 20.2. The number of ether oxygens (including phenoxy) is 1. The van der Waals surface area contributed by atoms with Crippen LogP contribution in [0.25, 0.3) is 11.2 Å². The number of fused-ring (bicyclic) bond motifs is 1. The molecule has 3 rings (SSSR count). The van der Waals surface area contributed by atoms with Gasteiger partial charge in [-0.05, 0) is 32.6 Å². The van der Waals surface area contributed by atoms with E-state index in [0.29, 0.717) is 42.9 Å². The quantitative estimate of drug-likeness (QED) is 0.187. The Labute approximate surface area is 215 Å². The van der Waals surface area contributed by atoms with Crippen molar-refractivity contribution >= 4 is 54.1 Å². The van der Waals surface area contributed by atoms with Gasteiger partial charge in [-0.3, -0.25) is 9.36 Å². The van der Waals surface area contributed by atoms with Gasteiger partial charge in [-0.2, -0.15) is 0 Å². The Hall–Kier alpha value is -1.38. The molecular formula is C21H35N6O6P3. The first-order valence-corrected chi connectivity index (χ1v) is 16.4. The van der Waals surface area contributed by atoms with Gasteiger partial charge in [0.15, 0.2) is 23.2 Å². The van der Waals surface area contributed by atoms with Crippen LogP contribution in [-0.2, 0) is 18.8 Å². The van der Waals surface area contributed by atoms with E-state index >= 15 is 0 Å². The Morgan fingerprint density at radius 2 is 1.86 bits per heavy atom. The Morgan fingerprint density at radius 3 is 2.61 bits per heavy atom. The van der Waals surface area contributed by atoms with Gasteiger partial charge in [0.1, 0.15) is 30.4 Å². The molecule has 12 nitrogen and oxygen atoms in total. The second kappa shape index (κ2) is 14.5. The highest BCUT2D eigenvalue weighted by molar-refractivity contribution is 8.41. The fourth-order valence-electron chi connectivity index (χ4n) is 3.86. The lowest BCUT2D eigenvalue weighted by Crippen LogP contribution is -2.33. The predicted molar refractivity (Wildman–Crippen MR) is 143 cm³/mol. The standard InChI is InChI=1S/C21H35N6O6P3/c1-13(28)6-2-3-7-15(29)22-8-4-5-9-23-19-16-20(25-11-24-19)27(12-26-16)21-18(31)17(30)14(33-21)10-32-36(34)35/h11-12,14,17-18,21,30-31H,2-10,34-35H2,1H3,(H,22,29)(H,23,24,25)/t14-,17?,18+,21-/m1/s1. The molecule has 15 heteroatoms. The minimum atomic E-state index is -1.16. The van der Waals surface area contributed by atoms with Crippen molar-refractivity contribution in [1.82, 2.24) is 24.8 Å². The number of aromatic nitrogens is 4. The van der Waals surface area contributed by atoms with Gasteiger partial charge in [-0.25, -0.2) is 15.0 Å². The number of hydrogen-bond donors (Lipinski definition) is 4. The summed E-state index contributed by atoms with van der Waals surface area (Å²) in [5.74, 6) is 0.713. The van der Waals surface area contributed by atoms with Gasteiger partial charge in [-0.15, -0.1) is 0 Å². The van der Waals surface area contributed by atoms with Crippen molar-refractivity contribution in [3.8, 4) is 0 Å². The summed E-state index contributed by atoms with van der Waals surface area (Å²) in [7, 11) is 4.29. The molecule has 0 radical (unpaired) electrons. The van der Waals surface area contributed by atoms with E-state index in [1.807, 2.05) is 0 Å². The third-order valence-corrected chi connectivity index (χ3v) is 7.10. The fraction of sp³-hybridized carbons (Fsp3) is 0.667. The highest BCUT2D eigenvalue weighted by Gasteiger charge is 2.44. The number of aliphatic hydroxyl groups excluding tert-OH is 2. The first kappa shape index (κ1) is 29.2. The van der Waals surface area contributed by atoms with E-state index < -0.39 is 32.1 Å². The maximum Gasteiger partial charge on any atom is 0.219 e. The third kappa shape index (κ3) is 8.32. The molecule has 3 heterocycles. The average molecular weight is 560 g/mol. The summed E-state index contributed by atoms with van der Waals surface area (Å²) in [6.07, 6.45) is 3.17. The van der Waals surface area contributed by atoms with E-state index in [1.165, 1.54) is 12.7 Å². The number of rotatable bonds is 15. The summed E-state index contributed by atoms with van der Waals surface area (Å²) in [5, 5.41) is 27.1. The van der Waals surface area contributed by atoms with Crippen molar-refractivity contribution < 1.29 is 29.1 Å². The number of hydrogen-bond acceptors (Lipinski definition) is 10. The molecule has 1 amide bonds. The number of carbonyl (C=O) groups excluding carboxylic acids is 2. The lowest BCUT2D eigenvalue weighted by atomic mass is 10.1. The minimum Gasteiger partial charge on any atom is -0.387 e. The van der Waals surface area contributed by atoms with Crippen LogP contribution in [0.15, 0.2) is 12.7 Å². The lowest BCUT2D eigenvalue weighted by Gasteiger charge is -2.17. The lowest BCUT2D eigenvalue weighted by molar-refractivity contribution is -0.121. The molecule has 0 aliphatic carbocycles. The van der Waals surface area contributed by atoms with Gasteiger partial charge in [0, 0.05) is 25.9 Å². The van der Waals surface area contributed by atoms with Crippen molar-refractivity contribution in [2.45, 2.75) is 70.0 Å². The minimum absolute atomic E-state index is 0.00718. The molecular weight excluding hydrogens is 525 g/mol. The van der Waals surface area contributed by atoms with Crippen molar-refractivity contribution in [2.24, 2.45) is 0 Å². The number of amides is 1. The van der Waals surface area contributed by atoms with Crippen LogP contribution in [0, 0.1) is 0 Å². The van der Waals surface area contributed by atoms with Crippen LogP contribution in [0.1, 0.15) is 51.7 Å². The Balaban J connectivity index is 1.46. The Morgan fingerprint density at radius 1 is 1.11 bits per heavy atom. The van der Waals surface area contributed by atoms with E-state index in [-0.39, 0.29) is 18.3 Å². The number of nitrogens with one attached hydrogen (secondary N) is 2. The number of anilines is 1. The summed E-state index contributed by atoms with van der Waals surface area (Å²) in [6.45, 7) is 2.93. The number of ketones is 1. The highest BCUT2D eigenvalue weighted by atomic mass is 32.4. The average Bonchev–Trinajstić information content (AvgIpc) is 3.39. The van der Waals surface area contributed by atoms with E-state index in [1.54, 1.807) is 11.5 Å². The van der Waals surface area contributed by atoms with Crippen LogP contribution in [-0.4, -0.2) is 79.4 Å². The topological polar surface area (TPSA) is 161 Å². The van der Waals surface area contributed by atoms with Gasteiger partial charge in [0.05, 0.1) is 20.5 Å². The van der Waals surface area contributed by atoms with E-state index in [9.17, 15) is 19.8 Å². The van der Waals surface area contributed by atoms with E-state index in [0.717, 1.165) is 25.7 Å². The second-order valence-corrected chi connectivity index (χ2v) is 14.5. The van der Waals surface area contributed by atoms with Gasteiger partial charge >= 0.3 is 0 Å². The number of carbonyl (C=O) groups is 2. The maximum absolute atomic E-state index is 11.8. The van der Waals surface area contributed by atoms with Crippen LogP contribution < -0.4 is 10.6 Å². The van der Waals surface area contributed by atoms with Crippen LogP contribution in [0.4, 0.5) is 5.82 Å². The summed E-state index contributed by atoms with van der Waals surface area (Å²) < 4.78 is 13.0. The molecule has 6 atom stereocenters.